The van der Waals surface area contributed by atoms with Crippen LogP contribution < -0.4 is 9.64 Å². The van der Waals surface area contributed by atoms with Crippen LogP contribution in [0.2, 0.25) is 0 Å². The fourth-order valence-electron chi connectivity index (χ4n) is 5.12. The molecule has 0 N–H and O–H groups in total. The number of nitrogens with zero attached hydrogens (tertiary/aromatic N) is 3. The molecule has 38 heavy (non-hydrogen) atoms. The number of carbonyl (C=O) groups is 2. The summed E-state index contributed by atoms with van der Waals surface area (Å²) in [5.74, 6) is 0.465. The first kappa shape index (κ1) is 25.3. The van der Waals surface area contributed by atoms with Crippen molar-refractivity contribution in [1.82, 2.24) is 9.47 Å². The number of para-hydroxylation sites is 2. The SMILES string of the molecule is CCc1ccc(C(=O)N(CC(=O)N2c3ccccc3-n3cccc3C2c2ccc(OC)cc2)C(C)C)cc1. The van der Waals surface area contributed by atoms with E-state index in [0.717, 1.165) is 34.8 Å². The number of amides is 2. The third kappa shape index (κ3) is 4.58. The quantitative estimate of drug-likeness (QED) is 0.307. The van der Waals surface area contributed by atoms with Crippen LogP contribution >= 0.6 is 0 Å². The van der Waals surface area contributed by atoms with Crippen molar-refractivity contribution in [3.05, 3.63) is 114 Å². The third-order valence-corrected chi connectivity index (χ3v) is 7.22. The van der Waals surface area contributed by atoms with E-state index >= 15 is 0 Å². The van der Waals surface area contributed by atoms with E-state index in [1.54, 1.807) is 12.0 Å². The fourth-order valence-corrected chi connectivity index (χ4v) is 5.12. The molecule has 1 aliphatic rings. The number of ether oxygens (including phenoxy) is 1. The van der Waals surface area contributed by atoms with E-state index in [1.807, 2.05) is 110 Å². The lowest BCUT2D eigenvalue weighted by Crippen LogP contribution is -2.48. The van der Waals surface area contributed by atoms with Crippen molar-refractivity contribution in [1.29, 1.82) is 0 Å². The van der Waals surface area contributed by atoms with Gasteiger partial charge in [-0.3, -0.25) is 14.5 Å². The summed E-state index contributed by atoms with van der Waals surface area (Å²) in [4.78, 5) is 31.3. The molecule has 194 valence electrons. The van der Waals surface area contributed by atoms with Gasteiger partial charge in [0.2, 0.25) is 5.91 Å². The number of anilines is 1. The lowest BCUT2D eigenvalue weighted by atomic mass is 9.97. The second-order valence-electron chi connectivity index (χ2n) is 9.81. The Morgan fingerprint density at radius 3 is 2.21 bits per heavy atom. The molecule has 2 heterocycles. The number of benzene rings is 3. The van der Waals surface area contributed by atoms with Crippen molar-refractivity contribution in [3.8, 4) is 11.4 Å². The minimum Gasteiger partial charge on any atom is -0.497 e. The number of methoxy groups -OCH3 is 1. The first-order valence-corrected chi connectivity index (χ1v) is 13.1. The Hall–Kier alpha value is -4.32. The average molecular weight is 508 g/mol. The lowest BCUT2D eigenvalue weighted by molar-refractivity contribution is -0.120. The van der Waals surface area contributed by atoms with Crippen LogP contribution in [0.25, 0.3) is 5.69 Å². The van der Waals surface area contributed by atoms with Gasteiger partial charge in [0.25, 0.3) is 5.91 Å². The van der Waals surface area contributed by atoms with Crippen LogP contribution in [0, 0.1) is 0 Å². The standard InChI is InChI=1S/C32H33N3O3/c1-5-23-12-14-25(15-13-23)32(37)34(22(2)3)21-30(36)35-28-10-7-6-9-27(28)33-20-8-11-29(33)31(35)24-16-18-26(38-4)19-17-24/h6-20,22,31H,5,21H2,1-4H3. The first-order chi connectivity index (χ1) is 18.4. The van der Waals surface area contributed by atoms with Crippen molar-refractivity contribution in [2.45, 2.75) is 39.3 Å². The van der Waals surface area contributed by atoms with Gasteiger partial charge in [-0.15, -0.1) is 0 Å². The van der Waals surface area contributed by atoms with E-state index in [-0.39, 0.29) is 30.4 Å². The molecule has 0 saturated carbocycles. The topological polar surface area (TPSA) is 54.8 Å². The average Bonchev–Trinajstić information content (AvgIpc) is 3.45. The summed E-state index contributed by atoms with van der Waals surface area (Å²) in [6.07, 6.45) is 2.93. The van der Waals surface area contributed by atoms with Gasteiger partial charge in [0, 0.05) is 17.8 Å². The molecular formula is C32H33N3O3. The Morgan fingerprint density at radius 1 is 0.895 bits per heavy atom. The van der Waals surface area contributed by atoms with Crippen molar-refractivity contribution in [3.63, 3.8) is 0 Å². The van der Waals surface area contributed by atoms with Crippen LogP contribution in [0.4, 0.5) is 5.69 Å². The highest BCUT2D eigenvalue weighted by atomic mass is 16.5. The van der Waals surface area contributed by atoms with Crippen LogP contribution in [0.15, 0.2) is 91.1 Å². The Balaban J connectivity index is 1.54. The van der Waals surface area contributed by atoms with Crippen molar-refractivity contribution < 1.29 is 14.3 Å². The van der Waals surface area contributed by atoms with Gasteiger partial charge in [0.15, 0.2) is 0 Å². The van der Waals surface area contributed by atoms with Crippen LogP contribution in [0.3, 0.4) is 0 Å². The second-order valence-corrected chi connectivity index (χ2v) is 9.81. The van der Waals surface area contributed by atoms with E-state index in [1.165, 1.54) is 5.56 Å². The largest absolute Gasteiger partial charge is 0.497 e. The molecule has 5 rings (SSSR count). The molecule has 1 aliphatic heterocycles. The van der Waals surface area contributed by atoms with Crippen molar-refractivity contribution in [2.24, 2.45) is 0 Å². The fraction of sp³-hybridized carbons (Fsp3) is 0.250. The number of aromatic nitrogens is 1. The highest BCUT2D eigenvalue weighted by Gasteiger charge is 2.37. The molecule has 0 spiro atoms. The van der Waals surface area contributed by atoms with Gasteiger partial charge in [-0.2, -0.15) is 0 Å². The number of fused-ring (bicyclic) bond motifs is 3. The summed E-state index contributed by atoms with van der Waals surface area (Å²) < 4.78 is 7.51. The summed E-state index contributed by atoms with van der Waals surface area (Å²) >= 11 is 0. The van der Waals surface area contributed by atoms with E-state index in [9.17, 15) is 9.59 Å². The zero-order valence-electron chi connectivity index (χ0n) is 22.3. The molecule has 6 nitrogen and oxygen atoms in total. The minimum absolute atomic E-state index is 0.0340. The molecule has 1 atom stereocenters. The zero-order chi connectivity index (χ0) is 26.8. The first-order valence-electron chi connectivity index (χ1n) is 13.1. The van der Waals surface area contributed by atoms with Crippen LogP contribution in [0.1, 0.15) is 54.0 Å². The van der Waals surface area contributed by atoms with E-state index in [0.29, 0.717) is 5.56 Å². The van der Waals surface area contributed by atoms with Crippen LogP contribution in [-0.2, 0) is 11.2 Å². The predicted molar refractivity (Wildman–Crippen MR) is 150 cm³/mol. The maximum atomic E-state index is 14.2. The normalized spacial score (nSPS) is 14.1. The molecule has 0 aliphatic carbocycles. The zero-order valence-corrected chi connectivity index (χ0v) is 22.3. The summed E-state index contributed by atoms with van der Waals surface area (Å²) in [5, 5.41) is 0. The Morgan fingerprint density at radius 2 is 1.58 bits per heavy atom. The Kier molecular flexibility index (Phi) is 7.05. The second kappa shape index (κ2) is 10.6. The monoisotopic (exact) mass is 507 g/mol. The maximum Gasteiger partial charge on any atom is 0.254 e. The molecular weight excluding hydrogens is 474 g/mol. The van der Waals surface area contributed by atoms with Crippen molar-refractivity contribution >= 4 is 17.5 Å². The number of carbonyl (C=O) groups excluding carboxylic acids is 2. The summed E-state index contributed by atoms with van der Waals surface area (Å²) in [5.41, 5.74) is 5.45. The van der Waals surface area contributed by atoms with Gasteiger partial charge in [-0.05, 0) is 79.9 Å². The number of hydrogen-bond acceptors (Lipinski definition) is 3. The molecule has 0 fully saturated rings. The summed E-state index contributed by atoms with van der Waals surface area (Å²) in [7, 11) is 1.64. The smallest absolute Gasteiger partial charge is 0.254 e. The highest BCUT2D eigenvalue weighted by molar-refractivity contribution is 6.02. The van der Waals surface area contributed by atoms with E-state index in [4.69, 9.17) is 4.74 Å². The Labute approximate surface area is 224 Å². The summed E-state index contributed by atoms with van der Waals surface area (Å²) in [6.45, 7) is 5.94. The molecule has 1 aromatic heterocycles. The molecule has 1 unspecified atom stereocenters. The van der Waals surface area contributed by atoms with Gasteiger partial charge in [0.05, 0.1) is 24.2 Å². The molecule has 4 aromatic rings. The van der Waals surface area contributed by atoms with Gasteiger partial charge >= 0.3 is 0 Å². The minimum atomic E-state index is -0.355. The molecule has 0 radical (unpaired) electrons. The summed E-state index contributed by atoms with van der Waals surface area (Å²) in [6, 6.07) is 26.9. The number of aryl methyl sites for hydroxylation is 1. The highest BCUT2D eigenvalue weighted by Crippen LogP contribution is 2.42. The van der Waals surface area contributed by atoms with Gasteiger partial charge in [-0.1, -0.05) is 43.3 Å². The van der Waals surface area contributed by atoms with Gasteiger partial charge in [-0.25, -0.2) is 0 Å². The molecule has 0 bridgehead atoms. The number of rotatable bonds is 7. The lowest BCUT2D eigenvalue weighted by Gasteiger charge is -2.40. The number of hydrogen-bond donors (Lipinski definition) is 0. The van der Waals surface area contributed by atoms with Gasteiger partial charge in [0.1, 0.15) is 18.3 Å². The van der Waals surface area contributed by atoms with E-state index in [2.05, 4.69) is 11.5 Å². The predicted octanol–water partition coefficient (Wildman–Crippen LogP) is 6.04. The molecule has 0 saturated heterocycles. The van der Waals surface area contributed by atoms with Gasteiger partial charge < -0.3 is 14.2 Å². The van der Waals surface area contributed by atoms with Crippen molar-refractivity contribution in [2.75, 3.05) is 18.6 Å². The molecule has 2 amide bonds. The van der Waals surface area contributed by atoms with E-state index < -0.39 is 0 Å². The third-order valence-electron chi connectivity index (χ3n) is 7.22. The molecule has 6 heteroatoms. The molecule has 3 aromatic carbocycles. The van der Waals surface area contributed by atoms with Crippen LogP contribution in [-0.4, -0.2) is 41.0 Å². The Bertz CT molecular complexity index is 1440. The van der Waals surface area contributed by atoms with Crippen LogP contribution in [0.5, 0.6) is 5.75 Å². The maximum absolute atomic E-state index is 14.2.